The lowest BCUT2D eigenvalue weighted by Crippen LogP contribution is -2.35. The number of aryl methyl sites for hydroxylation is 1. The lowest BCUT2D eigenvalue weighted by atomic mass is 9.98. The monoisotopic (exact) mass is 234 g/mol. The van der Waals surface area contributed by atoms with Crippen molar-refractivity contribution < 1.29 is 4.79 Å². The fraction of sp³-hybridized carbons (Fsp3) is 0.500. The highest BCUT2D eigenvalue weighted by atomic mass is 16.1. The number of benzene rings is 1. The van der Waals surface area contributed by atoms with Gasteiger partial charge in [0.05, 0.1) is 6.04 Å². The van der Waals surface area contributed by atoms with Crippen LogP contribution in [0.3, 0.4) is 0 Å². The Balaban J connectivity index is 2.80. The van der Waals surface area contributed by atoms with Gasteiger partial charge in [0.1, 0.15) is 0 Å². The van der Waals surface area contributed by atoms with Crippen LogP contribution < -0.4 is 11.1 Å². The van der Waals surface area contributed by atoms with E-state index in [1.807, 2.05) is 19.9 Å². The molecule has 0 bridgehead atoms. The van der Waals surface area contributed by atoms with Crippen molar-refractivity contribution in [2.24, 2.45) is 11.7 Å². The van der Waals surface area contributed by atoms with Crippen molar-refractivity contribution in [1.82, 2.24) is 5.32 Å². The van der Waals surface area contributed by atoms with Crippen LogP contribution in [0.5, 0.6) is 0 Å². The summed E-state index contributed by atoms with van der Waals surface area (Å²) in [7, 11) is 0. The molecule has 1 aromatic rings. The molecule has 3 heteroatoms. The zero-order valence-corrected chi connectivity index (χ0v) is 11.1. The van der Waals surface area contributed by atoms with Crippen LogP contribution in [0, 0.1) is 19.8 Å². The molecule has 1 amide bonds. The van der Waals surface area contributed by atoms with Crippen LogP contribution in [0.2, 0.25) is 0 Å². The predicted molar refractivity (Wildman–Crippen MR) is 70.7 cm³/mol. The highest BCUT2D eigenvalue weighted by molar-refractivity contribution is 5.79. The molecule has 0 heterocycles. The zero-order valence-electron chi connectivity index (χ0n) is 11.1. The molecule has 3 nitrogen and oxygen atoms in total. The number of hydrogen-bond acceptors (Lipinski definition) is 2. The molecular weight excluding hydrogens is 212 g/mol. The molecule has 0 saturated heterocycles. The molecule has 0 saturated carbocycles. The summed E-state index contributed by atoms with van der Waals surface area (Å²) in [6.45, 7) is 8.38. The van der Waals surface area contributed by atoms with Gasteiger partial charge in [-0.15, -0.1) is 0 Å². The highest BCUT2D eigenvalue weighted by Gasteiger charge is 2.16. The SMILES string of the molecule is Cc1cccc(C(C)NC(=O)C(C)CN)c1C. The van der Waals surface area contributed by atoms with E-state index in [4.69, 9.17) is 5.73 Å². The van der Waals surface area contributed by atoms with Gasteiger partial charge in [0, 0.05) is 12.5 Å². The van der Waals surface area contributed by atoms with E-state index in [1.165, 1.54) is 16.7 Å². The minimum atomic E-state index is -0.137. The molecule has 2 unspecified atom stereocenters. The second kappa shape index (κ2) is 5.82. The Kier molecular flexibility index (Phi) is 4.70. The molecule has 1 aromatic carbocycles. The van der Waals surface area contributed by atoms with Crippen molar-refractivity contribution >= 4 is 5.91 Å². The third kappa shape index (κ3) is 3.30. The van der Waals surface area contributed by atoms with Gasteiger partial charge in [-0.2, -0.15) is 0 Å². The van der Waals surface area contributed by atoms with Crippen molar-refractivity contribution in [3.05, 3.63) is 34.9 Å². The van der Waals surface area contributed by atoms with Crippen LogP contribution in [0.15, 0.2) is 18.2 Å². The third-order valence-electron chi connectivity index (χ3n) is 3.27. The topological polar surface area (TPSA) is 55.1 Å². The molecule has 0 spiro atoms. The number of nitrogens with two attached hydrogens (primary N) is 1. The lowest BCUT2D eigenvalue weighted by Gasteiger charge is -2.19. The Labute approximate surface area is 103 Å². The molecule has 0 radical (unpaired) electrons. The van der Waals surface area contributed by atoms with Crippen molar-refractivity contribution in [3.8, 4) is 0 Å². The van der Waals surface area contributed by atoms with Crippen LogP contribution >= 0.6 is 0 Å². The van der Waals surface area contributed by atoms with E-state index in [9.17, 15) is 4.79 Å². The average molecular weight is 234 g/mol. The second-order valence-corrected chi connectivity index (χ2v) is 4.66. The number of carbonyl (C=O) groups excluding carboxylic acids is 1. The molecule has 0 aliphatic rings. The molecule has 0 aliphatic heterocycles. The number of carbonyl (C=O) groups is 1. The second-order valence-electron chi connectivity index (χ2n) is 4.66. The molecule has 0 aliphatic carbocycles. The van der Waals surface area contributed by atoms with Crippen LogP contribution in [0.4, 0.5) is 0 Å². The van der Waals surface area contributed by atoms with Crippen molar-refractivity contribution in [1.29, 1.82) is 0 Å². The summed E-state index contributed by atoms with van der Waals surface area (Å²) in [6, 6.07) is 6.18. The van der Waals surface area contributed by atoms with E-state index in [1.54, 1.807) is 0 Å². The van der Waals surface area contributed by atoms with E-state index in [0.29, 0.717) is 6.54 Å². The molecule has 3 N–H and O–H groups in total. The third-order valence-corrected chi connectivity index (χ3v) is 3.27. The fourth-order valence-corrected chi connectivity index (χ4v) is 1.78. The van der Waals surface area contributed by atoms with Gasteiger partial charge in [-0.25, -0.2) is 0 Å². The molecule has 94 valence electrons. The smallest absolute Gasteiger partial charge is 0.224 e. The van der Waals surface area contributed by atoms with E-state index >= 15 is 0 Å². The summed E-state index contributed by atoms with van der Waals surface area (Å²) in [4.78, 5) is 11.8. The van der Waals surface area contributed by atoms with E-state index in [0.717, 1.165) is 0 Å². The van der Waals surface area contributed by atoms with Gasteiger partial charge in [0.25, 0.3) is 0 Å². The lowest BCUT2D eigenvalue weighted by molar-refractivity contribution is -0.124. The Morgan fingerprint density at radius 2 is 2.00 bits per heavy atom. The Bertz CT molecular complexity index is 401. The summed E-state index contributed by atoms with van der Waals surface area (Å²) < 4.78 is 0. The molecule has 0 aromatic heterocycles. The largest absolute Gasteiger partial charge is 0.349 e. The maximum absolute atomic E-state index is 11.8. The summed E-state index contributed by atoms with van der Waals surface area (Å²) in [5.74, 6) is -0.122. The van der Waals surface area contributed by atoms with Crippen molar-refractivity contribution in [3.63, 3.8) is 0 Å². The highest BCUT2D eigenvalue weighted by Crippen LogP contribution is 2.20. The first-order chi connectivity index (χ1) is 7.97. The van der Waals surface area contributed by atoms with Gasteiger partial charge in [-0.1, -0.05) is 25.1 Å². The quantitative estimate of drug-likeness (QED) is 0.838. The van der Waals surface area contributed by atoms with E-state index in [-0.39, 0.29) is 17.9 Å². The van der Waals surface area contributed by atoms with Gasteiger partial charge >= 0.3 is 0 Å². The Morgan fingerprint density at radius 3 is 2.59 bits per heavy atom. The summed E-state index contributed by atoms with van der Waals surface area (Å²) in [5.41, 5.74) is 9.13. The fourth-order valence-electron chi connectivity index (χ4n) is 1.78. The van der Waals surface area contributed by atoms with Gasteiger partial charge in [-0.3, -0.25) is 4.79 Å². The molecular formula is C14H22N2O. The van der Waals surface area contributed by atoms with Crippen LogP contribution in [-0.4, -0.2) is 12.5 Å². The van der Waals surface area contributed by atoms with Crippen molar-refractivity contribution in [2.45, 2.75) is 33.7 Å². The zero-order chi connectivity index (χ0) is 13.0. The molecule has 17 heavy (non-hydrogen) atoms. The number of rotatable bonds is 4. The minimum Gasteiger partial charge on any atom is -0.349 e. The Hall–Kier alpha value is -1.35. The molecule has 0 fully saturated rings. The first-order valence-electron chi connectivity index (χ1n) is 6.04. The number of nitrogens with one attached hydrogen (secondary N) is 1. The minimum absolute atomic E-state index is 0.0147. The number of hydrogen-bond donors (Lipinski definition) is 2. The average Bonchev–Trinajstić information content (AvgIpc) is 2.31. The molecule has 1 rings (SSSR count). The maximum Gasteiger partial charge on any atom is 0.224 e. The van der Waals surface area contributed by atoms with E-state index < -0.39 is 0 Å². The summed E-state index contributed by atoms with van der Waals surface area (Å²) >= 11 is 0. The first kappa shape index (κ1) is 13.7. The van der Waals surface area contributed by atoms with Gasteiger partial charge < -0.3 is 11.1 Å². The van der Waals surface area contributed by atoms with Crippen LogP contribution in [-0.2, 0) is 4.79 Å². The number of amides is 1. The first-order valence-corrected chi connectivity index (χ1v) is 6.04. The predicted octanol–water partition coefficient (Wildman–Crippen LogP) is 2.08. The van der Waals surface area contributed by atoms with Gasteiger partial charge in [-0.05, 0) is 37.5 Å². The van der Waals surface area contributed by atoms with Crippen LogP contribution in [0.25, 0.3) is 0 Å². The standard InChI is InChI=1S/C14H22N2O/c1-9-6-5-7-13(11(9)3)12(4)16-14(17)10(2)8-15/h5-7,10,12H,8,15H2,1-4H3,(H,16,17). The summed E-state index contributed by atoms with van der Waals surface area (Å²) in [6.07, 6.45) is 0. The van der Waals surface area contributed by atoms with Gasteiger partial charge in [0.2, 0.25) is 5.91 Å². The maximum atomic E-state index is 11.8. The van der Waals surface area contributed by atoms with Crippen LogP contribution in [0.1, 0.15) is 36.6 Å². The van der Waals surface area contributed by atoms with Crippen molar-refractivity contribution in [2.75, 3.05) is 6.54 Å². The molecule has 2 atom stereocenters. The Morgan fingerprint density at radius 1 is 1.35 bits per heavy atom. The van der Waals surface area contributed by atoms with E-state index in [2.05, 4.69) is 31.3 Å². The summed E-state index contributed by atoms with van der Waals surface area (Å²) in [5, 5.41) is 3.00. The normalized spacial score (nSPS) is 14.2. The van der Waals surface area contributed by atoms with Gasteiger partial charge in [0.15, 0.2) is 0 Å².